The van der Waals surface area contributed by atoms with Gasteiger partial charge < -0.3 is 4.74 Å². The van der Waals surface area contributed by atoms with Crippen molar-refractivity contribution in [2.24, 2.45) is 0 Å². The van der Waals surface area contributed by atoms with Crippen LogP contribution in [0.4, 0.5) is 0 Å². The highest BCUT2D eigenvalue weighted by molar-refractivity contribution is 5.74. The summed E-state index contributed by atoms with van der Waals surface area (Å²) in [6.45, 7) is 1.34. The van der Waals surface area contributed by atoms with Gasteiger partial charge in [0.1, 0.15) is 5.75 Å². The molecule has 0 atom stereocenters. The van der Waals surface area contributed by atoms with Crippen molar-refractivity contribution in [1.82, 2.24) is 0 Å². The van der Waals surface area contributed by atoms with Gasteiger partial charge >= 0.3 is 5.97 Å². The van der Waals surface area contributed by atoms with E-state index in [1.54, 1.807) is 36.6 Å². The lowest BCUT2D eigenvalue weighted by Gasteiger charge is -2.00. The molecule has 0 aliphatic carbocycles. The summed E-state index contributed by atoms with van der Waals surface area (Å²) in [6, 6.07) is 6.80. The molecule has 1 rings (SSSR count). The van der Waals surface area contributed by atoms with Gasteiger partial charge in [-0.05, 0) is 23.8 Å². The highest BCUT2D eigenvalue weighted by Gasteiger charge is 1.96. The second-order valence-corrected chi connectivity index (χ2v) is 2.61. The van der Waals surface area contributed by atoms with Crippen molar-refractivity contribution < 1.29 is 14.3 Å². The van der Waals surface area contributed by atoms with E-state index in [-0.39, 0.29) is 5.97 Å². The Bertz CT molecular complexity index is 349. The van der Waals surface area contributed by atoms with Crippen molar-refractivity contribution in [3.63, 3.8) is 0 Å². The minimum Gasteiger partial charge on any atom is -0.427 e. The third-order valence-corrected chi connectivity index (χ3v) is 1.49. The lowest BCUT2D eigenvalue weighted by molar-refractivity contribution is -0.131. The van der Waals surface area contributed by atoms with E-state index >= 15 is 0 Å². The number of esters is 1. The maximum Gasteiger partial charge on any atom is 0.308 e. The van der Waals surface area contributed by atoms with Crippen molar-refractivity contribution in [2.75, 3.05) is 0 Å². The molecule has 3 nitrogen and oxygen atoms in total. The molecule has 0 aromatic heterocycles. The van der Waals surface area contributed by atoms with Crippen LogP contribution in [0, 0.1) is 0 Å². The van der Waals surface area contributed by atoms with Crippen LogP contribution in [0.2, 0.25) is 0 Å². The molecule has 0 aliphatic heterocycles. The highest BCUT2D eigenvalue weighted by atomic mass is 16.5. The fraction of sp³-hybridized carbons (Fsp3) is 0.0909. The summed E-state index contributed by atoms with van der Waals surface area (Å²) in [6.07, 6.45) is 4.54. The van der Waals surface area contributed by atoms with Crippen LogP contribution in [0.1, 0.15) is 12.5 Å². The summed E-state index contributed by atoms with van der Waals surface area (Å²) in [5.74, 6) is 0.138. The molecule has 14 heavy (non-hydrogen) atoms. The zero-order valence-electron chi connectivity index (χ0n) is 7.69. The van der Waals surface area contributed by atoms with Gasteiger partial charge in [0.2, 0.25) is 6.29 Å². The van der Waals surface area contributed by atoms with Gasteiger partial charge in [0.15, 0.2) is 0 Å². The first kappa shape index (κ1) is 10.2. The van der Waals surface area contributed by atoms with Gasteiger partial charge in [0.25, 0.3) is 0 Å². The predicted octanol–water partition coefficient (Wildman–Crippen LogP) is 1.73. The van der Waals surface area contributed by atoms with E-state index in [1.807, 2.05) is 0 Å². The maximum atomic E-state index is 10.6. The van der Waals surface area contributed by atoms with Gasteiger partial charge in [-0.15, -0.1) is 0 Å². The Labute approximate surface area is 82.0 Å². The number of hydrogen-bond donors (Lipinski definition) is 0. The summed E-state index contributed by atoms with van der Waals surface area (Å²) in [5, 5.41) is 0. The fourth-order valence-electron chi connectivity index (χ4n) is 0.943. The molecule has 0 unspecified atom stereocenters. The average molecular weight is 189 g/mol. The molecule has 0 amide bonds. The molecule has 0 bridgehead atoms. The Morgan fingerprint density at radius 3 is 2.50 bits per heavy atom. The van der Waals surface area contributed by atoms with Crippen LogP contribution in [-0.4, -0.2) is 12.3 Å². The maximum absolute atomic E-state index is 10.6. The highest BCUT2D eigenvalue weighted by Crippen LogP contribution is 2.12. The number of benzene rings is 1. The number of carbonyl (C=O) groups excluding carboxylic acids is 2. The van der Waals surface area contributed by atoms with Gasteiger partial charge in [0.05, 0.1) is 0 Å². The summed E-state index contributed by atoms with van der Waals surface area (Å²) in [4.78, 5) is 20.5. The van der Waals surface area contributed by atoms with Gasteiger partial charge in [-0.25, -0.2) is 0 Å². The Morgan fingerprint density at radius 2 is 2.00 bits per heavy atom. The largest absolute Gasteiger partial charge is 0.427 e. The van der Waals surface area contributed by atoms with Crippen LogP contribution in [0.5, 0.6) is 5.75 Å². The summed E-state index contributed by atoms with van der Waals surface area (Å²) < 4.78 is 4.83. The summed E-state index contributed by atoms with van der Waals surface area (Å²) >= 11 is 0. The van der Waals surface area contributed by atoms with Gasteiger partial charge in [0, 0.05) is 6.92 Å². The van der Waals surface area contributed by atoms with Crippen molar-refractivity contribution >= 4 is 18.3 Å². The predicted molar refractivity (Wildman–Crippen MR) is 52.5 cm³/mol. The fourth-order valence-corrected chi connectivity index (χ4v) is 0.943. The first-order valence-corrected chi connectivity index (χ1v) is 4.05. The molecular formula is C11H9O3. The molecule has 0 N–H and O–H groups in total. The van der Waals surface area contributed by atoms with Crippen LogP contribution in [0.15, 0.2) is 30.3 Å². The van der Waals surface area contributed by atoms with Crippen molar-refractivity contribution in [1.29, 1.82) is 0 Å². The normalized spacial score (nSPS) is 10.1. The van der Waals surface area contributed by atoms with E-state index < -0.39 is 0 Å². The average Bonchev–Trinajstić information content (AvgIpc) is 2.16. The van der Waals surface area contributed by atoms with Gasteiger partial charge in [-0.3, -0.25) is 9.59 Å². The van der Waals surface area contributed by atoms with E-state index in [0.717, 1.165) is 5.56 Å². The van der Waals surface area contributed by atoms with Crippen molar-refractivity contribution in [2.45, 2.75) is 6.92 Å². The first-order chi connectivity index (χ1) is 6.72. The first-order valence-electron chi connectivity index (χ1n) is 4.05. The molecule has 0 saturated heterocycles. The smallest absolute Gasteiger partial charge is 0.308 e. The van der Waals surface area contributed by atoms with Gasteiger partial charge in [-0.1, -0.05) is 18.2 Å². The monoisotopic (exact) mass is 189 g/mol. The summed E-state index contributed by atoms with van der Waals surface area (Å²) in [5.41, 5.74) is 0.851. The zero-order valence-corrected chi connectivity index (χ0v) is 7.69. The lowest BCUT2D eigenvalue weighted by Crippen LogP contribution is -2.00. The van der Waals surface area contributed by atoms with Crippen LogP contribution < -0.4 is 4.74 Å². The molecule has 3 heteroatoms. The van der Waals surface area contributed by atoms with E-state index in [2.05, 4.69) is 0 Å². The minimum atomic E-state index is -0.352. The zero-order chi connectivity index (χ0) is 10.4. The van der Waals surface area contributed by atoms with Crippen LogP contribution in [-0.2, 0) is 9.59 Å². The Kier molecular flexibility index (Phi) is 3.61. The summed E-state index contributed by atoms with van der Waals surface area (Å²) in [7, 11) is 0. The quantitative estimate of drug-likeness (QED) is 0.413. The topological polar surface area (TPSA) is 43.4 Å². The standard InChI is InChI=1S/C11H9O3/c1-9(13)14-11-6-4-10(5-7-11)3-2-8-12/h2-7H,1H3. The second kappa shape index (κ2) is 4.97. The third-order valence-electron chi connectivity index (χ3n) is 1.49. The molecule has 71 valence electrons. The second-order valence-electron chi connectivity index (χ2n) is 2.61. The molecule has 1 radical (unpaired) electrons. The molecule has 1 aromatic carbocycles. The molecule has 0 aliphatic rings. The minimum absolute atomic E-state index is 0.352. The van der Waals surface area contributed by atoms with Gasteiger partial charge in [-0.2, -0.15) is 0 Å². The van der Waals surface area contributed by atoms with E-state index in [0.29, 0.717) is 5.75 Å². The van der Waals surface area contributed by atoms with Crippen LogP contribution in [0.3, 0.4) is 0 Å². The molecule has 1 aromatic rings. The lowest BCUT2D eigenvalue weighted by atomic mass is 10.2. The van der Waals surface area contributed by atoms with Crippen molar-refractivity contribution in [3.05, 3.63) is 35.9 Å². The Morgan fingerprint density at radius 1 is 1.36 bits per heavy atom. The molecular weight excluding hydrogens is 180 g/mol. The molecule has 0 fully saturated rings. The third kappa shape index (κ3) is 3.23. The Hall–Kier alpha value is -1.90. The molecule has 0 saturated carbocycles. The van der Waals surface area contributed by atoms with E-state index in [9.17, 15) is 9.59 Å². The number of allylic oxidation sites excluding steroid dienone is 1. The SMILES string of the molecule is CC(=O)Oc1ccc(C=C[C]=O)cc1. The number of hydrogen-bond acceptors (Lipinski definition) is 3. The van der Waals surface area contributed by atoms with E-state index in [4.69, 9.17) is 4.74 Å². The van der Waals surface area contributed by atoms with E-state index in [1.165, 1.54) is 13.0 Å². The number of ether oxygens (including phenoxy) is 1. The number of rotatable bonds is 3. The number of carbonyl (C=O) groups is 1. The molecule has 0 heterocycles. The van der Waals surface area contributed by atoms with Crippen LogP contribution in [0.25, 0.3) is 6.08 Å². The van der Waals surface area contributed by atoms with Crippen molar-refractivity contribution in [3.8, 4) is 5.75 Å². The Balaban J connectivity index is 2.73. The molecule has 0 spiro atoms. The van der Waals surface area contributed by atoms with Crippen LogP contribution >= 0.6 is 0 Å².